The van der Waals surface area contributed by atoms with Gasteiger partial charge in [-0.2, -0.15) is 0 Å². The summed E-state index contributed by atoms with van der Waals surface area (Å²) in [7, 11) is 0. The Morgan fingerprint density at radius 1 is 1.27 bits per heavy atom. The highest BCUT2D eigenvalue weighted by atomic mass is 16.4. The number of H-pyrrole nitrogens is 1. The number of carbonyl (C=O) groups is 1. The van der Waals surface area contributed by atoms with Gasteiger partial charge >= 0.3 is 5.97 Å². The fraction of sp³-hybridized carbons (Fsp3) is 0.250. The van der Waals surface area contributed by atoms with Gasteiger partial charge < -0.3 is 10.1 Å². The molecule has 2 rings (SSSR count). The van der Waals surface area contributed by atoms with E-state index < -0.39 is 5.97 Å². The molecule has 0 saturated carbocycles. The molecule has 3 heteroatoms. The van der Waals surface area contributed by atoms with Gasteiger partial charge in [-0.25, -0.2) is 4.79 Å². The summed E-state index contributed by atoms with van der Waals surface area (Å²) in [6.45, 7) is 5.75. The molecule has 0 unspecified atom stereocenters. The predicted octanol–water partition coefficient (Wildman–Crippen LogP) is 2.79. The largest absolute Gasteiger partial charge is 0.478 e. The normalized spacial score (nSPS) is 10.9. The minimum Gasteiger partial charge on any atom is -0.478 e. The van der Waals surface area contributed by atoms with Crippen molar-refractivity contribution in [2.75, 3.05) is 0 Å². The molecule has 0 aliphatic carbocycles. The molecule has 3 nitrogen and oxygen atoms in total. The van der Waals surface area contributed by atoms with Crippen LogP contribution in [0.3, 0.4) is 0 Å². The summed E-state index contributed by atoms with van der Waals surface area (Å²) in [5.41, 5.74) is 4.20. The van der Waals surface area contributed by atoms with E-state index in [1.54, 1.807) is 6.92 Å². The monoisotopic (exact) mass is 203 g/mol. The number of carboxylic acids is 1. The molecule has 1 heterocycles. The maximum Gasteiger partial charge on any atom is 0.338 e. The van der Waals surface area contributed by atoms with Crippen molar-refractivity contribution in [2.45, 2.75) is 20.8 Å². The molecular weight excluding hydrogens is 190 g/mol. The summed E-state index contributed by atoms with van der Waals surface area (Å²) < 4.78 is 0. The number of aromatic carboxylic acids is 1. The van der Waals surface area contributed by atoms with Gasteiger partial charge in [0.1, 0.15) is 0 Å². The number of aromatic amines is 1. The van der Waals surface area contributed by atoms with Crippen LogP contribution < -0.4 is 0 Å². The molecule has 2 aromatic rings. The van der Waals surface area contributed by atoms with Gasteiger partial charge in [-0.15, -0.1) is 0 Å². The molecule has 1 aromatic heterocycles. The zero-order chi connectivity index (χ0) is 11.2. The third-order valence-corrected chi connectivity index (χ3v) is 2.65. The Labute approximate surface area is 87.7 Å². The summed E-state index contributed by atoms with van der Waals surface area (Å²) in [6.07, 6.45) is 0. The number of fused-ring (bicyclic) bond motifs is 1. The van der Waals surface area contributed by atoms with Crippen molar-refractivity contribution < 1.29 is 9.90 Å². The molecule has 0 amide bonds. The number of hydrogen-bond donors (Lipinski definition) is 2. The highest BCUT2D eigenvalue weighted by molar-refractivity contribution is 6.05. The van der Waals surface area contributed by atoms with Gasteiger partial charge in [0.25, 0.3) is 0 Å². The van der Waals surface area contributed by atoms with Gasteiger partial charge in [0.2, 0.25) is 0 Å². The van der Waals surface area contributed by atoms with E-state index in [4.69, 9.17) is 5.11 Å². The molecule has 0 aliphatic heterocycles. The van der Waals surface area contributed by atoms with Crippen molar-refractivity contribution in [2.24, 2.45) is 0 Å². The molecule has 0 spiro atoms. The van der Waals surface area contributed by atoms with Crippen molar-refractivity contribution in [1.82, 2.24) is 4.98 Å². The number of aryl methyl sites for hydroxylation is 3. The second kappa shape index (κ2) is 3.12. The number of benzene rings is 1. The minimum absolute atomic E-state index is 0.386. The van der Waals surface area contributed by atoms with Gasteiger partial charge in [-0.05, 0) is 32.4 Å². The van der Waals surface area contributed by atoms with Crippen LogP contribution in [0.4, 0.5) is 0 Å². The zero-order valence-electron chi connectivity index (χ0n) is 9.01. The standard InChI is InChI=1S/C12H13NO2/c1-6-4-7(2)11-9(5-6)10(12(14)15)8(3)13-11/h4-5,13H,1-3H3,(H,14,15). The highest BCUT2D eigenvalue weighted by Crippen LogP contribution is 2.26. The van der Waals surface area contributed by atoms with Crippen LogP contribution in [0.5, 0.6) is 0 Å². The fourth-order valence-corrected chi connectivity index (χ4v) is 2.06. The molecule has 0 bridgehead atoms. The molecule has 1 aromatic carbocycles. The number of nitrogens with one attached hydrogen (secondary N) is 1. The zero-order valence-corrected chi connectivity index (χ0v) is 9.01. The average molecular weight is 203 g/mol. The molecule has 2 N–H and O–H groups in total. The second-order valence-corrected chi connectivity index (χ2v) is 3.93. The van der Waals surface area contributed by atoms with Gasteiger partial charge in [-0.1, -0.05) is 11.6 Å². The lowest BCUT2D eigenvalue weighted by Gasteiger charge is -1.99. The Morgan fingerprint density at radius 2 is 1.93 bits per heavy atom. The van der Waals surface area contributed by atoms with Crippen molar-refractivity contribution in [3.05, 3.63) is 34.5 Å². The van der Waals surface area contributed by atoms with Crippen LogP contribution in [-0.4, -0.2) is 16.1 Å². The Balaban J connectivity index is 2.93. The highest BCUT2D eigenvalue weighted by Gasteiger charge is 2.15. The predicted molar refractivity (Wildman–Crippen MR) is 59.5 cm³/mol. The Morgan fingerprint density at radius 3 is 2.53 bits per heavy atom. The summed E-state index contributed by atoms with van der Waals surface area (Å²) in [6, 6.07) is 3.96. The second-order valence-electron chi connectivity index (χ2n) is 3.93. The summed E-state index contributed by atoms with van der Waals surface area (Å²) in [4.78, 5) is 14.2. The third kappa shape index (κ3) is 1.40. The molecule has 78 valence electrons. The van der Waals surface area contributed by atoms with Crippen LogP contribution in [-0.2, 0) is 0 Å². The first-order chi connectivity index (χ1) is 7.00. The fourth-order valence-electron chi connectivity index (χ4n) is 2.06. The molecule has 15 heavy (non-hydrogen) atoms. The van der Waals surface area contributed by atoms with E-state index in [0.29, 0.717) is 11.3 Å². The van der Waals surface area contributed by atoms with Gasteiger partial charge in [0, 0.05) is 16.6 Å². The van der Waals surface area contributed by atoms with Crippen molar-refractivity contribution in [3.63, 3.8) is 0 Å². The molecule has 0 atom stereocenters. The summed E-state index contributed by atoms with van der Waals surface area (Å²) in [5, 5.41) is 9.92. The van der Waals surface area contributed by atoms with Crippen LogP contribution in [0.2, 0.25) is 0 Å². The van der Waals surface area contributed by atoms with E-state index in [0.717, 1.165) is 22.0 Å². The van der Waals surface area contributed by atoms with Crippen molar-refractivity contribution >= 4 is 16.9 Å². The van der Waals surface area contributed by atoms with Gasteiger partial charge in [0.15, 0.2) is 0 Å². The van der Waals surface area contributed by atoms with Crippen LogP contribution in [0, 0.1) is 20.8 Å². The van der Waals surface area contributed by atoms with Crippen LogP contribution >= 0.6 is 0 Å². The Hall–Kier alpha value is -1.77. The SMILES string of the molecule is Cc1cc(C)c2[nH]c(C)c(C(=O)O)c2c1. The first-order valence-corrected chi connectivity index (χ1v) is 4.83. The topological polar surface area (TPSA) is 53.1 Å². The summed E-state index contributed by atoms with van der Waals surface area (Å²) in [5.74, 6) is -0.872. The molecule has 0 saturated heterocycles. The maximum atomic E-state index is 11.1. The molecular formula is C12H13NO2. The summed E-state index contributed by atoms with van der Waals surface area (Å²) >= 11 is 0. The van der Waals surface area contributed by atoms with Crippen molar-refractivity contribution in [3.8, 4) is 0 Å². The van der Waals surface area contributed by atoms with Crippen molar-refractivity contribution in [1.29, 1.82) is 0 Å². The number of hydrogen-bond acceptors (Lipinski definition) is 1. The van der Waals surface area contributed by atoms with E-state index in [1.807, 2.05) is 26.0 Å². The average Bonchev–Trinajstić information content (AvgIpc) is 2.41. The Bertz CT molecular complexity index is 552. The minimum atomic E-state index is -0.872. The Kier molecular flexibility index (Phi) is 2.03. The first kappa shape index (κ1) is 9.77. The molecule has 0 aliphatic rings. The maximum absolute atomic E-state index is 11.1. The number of carboxylic acid groups (broad SMARTS) is 1. The lowest BCUT2D eigenvalue weighted by atomic mass is 10.1. The van der Waals surface area contributed by atoms with Gasteiger partial charge in [-0.3, -0.25) is 0 Å². The van der Waals surface area contributed by atoms with E-state index in [-0.39, 0.29) is 0 Å². The lowest BCUT2D eigenvalue weighted by molar-refractivity contribution is 0.0698. The van der Waals surface area contributed by atoms with Crippen LogP contribution in [0.25, 0.3) is 10.9 Å². The number of rotatable bonds is 1. The lowest BCUT2D eigenvalue weighted by Crippen LogP contribution is -1.97. The van der Waals surface area contributed by atoms with E-state index in [2.05, 4.69) is 4.98 Å². The third-order valence-electron chi connectivity index (χ3n) is 2.65. The first-order valence-electron chi connectivity index (χ1n) is 4.83. The van der Waals surface area contributed by atoms with Crippen LogP contribution in [0.15, 0.2) is 12.1 Å². The quantitative estimate of drug-likeness (QED) is 0.748. The van der Waals surface area contributed by atoms with E-state index in [1.165, 1.54) is 0 Å². The smallest absolute Gasteiger partial charge is 0.338 e. The number of aromatic nitrogens is 1. The van der Waals surface area contributed by atoms with E-state index >= 15 is 0 Å². The van der Waals surface area contributed by atoms with E-state index in [9.17, 15) is 4.79 Å². The van der Waals surface area contributed by atoms with Crippen LogP contribution in [0.1, 0.15) is 27.2 Å². The molecule has 0 fully saturated rings. The van der Waals surface area contributed by atoms with Gasteiger partial charge in [0.05, 0.1) is 5.56 Å². The molecule has 0 radical (unpaired) electrons.